The van der Waals surface area contributed by atoms with Gasteiger partial charge < -0.3 is 9.30 Å². The highest BCUT2D eigenvalue weighted by Crippen LogP contribution is 2.28. The van der Waals surface area contributed by atoms with Crippen LogP contribution in [0.3, 0.4) is 0 Å². The van der Waals surface area contributed by atoms with E-state index in [-0.39, 0.29) is 5.97 Å². The number of nitrogens with zero attached hydrogens (tertiary/aromatic N) is 3. The van der Waals surface area contributed by atoms with Crippen molar-refractivity contribution in [3.63, 3.8) is 0 Å². The van der Waals surface area contributed by atoms with Crippen LogP contribution >= 0.6 is 0 Å². The van der Waals surface area contributed by atoms with Crippen LogP contribution in [0.2, 0.25) is 0 Å². The van der Waals surface area contributed by atoms with Gasteiger partial charge in [0.25, 0.3) is 0 Å². The maximum atomic E-state index is 11.6. The molecule has 100 valence electrons. The summed E-state index contributed by atoms with van der Waals surface area (Å²) in [6, 6.07) is 0.537. The van der Waals surface area contributed by atoms with Gasteiger partial charge in [0.05, 0.1) is 25.2 Å². The Labute approximate surface area is 108 Å². The summed E-state index contributed by atoms with van der Waals surface area (Å²) in [6.45, 7) is 6.45. The topological polar surface area (TPSA) is 47.4 Å². The fourth-order valence-corrected chi connectivity index (χ4v) is 2.10. The van der Waals surface area contributed by atoms with Crippen LogP contribution < -0.4 is 0 Å². The Balaban J connectivity index is 1.96. The maximum Gasteiger partial charge on any atom is 0.320 e. The van der Waals surface area contributed by atoms with Crippen molar-refractivity contribution >= 4 is 5.97 Å². The van der Waals surface area contributed by atoms with E-state index in [0.29, 0.717) is 19.2 Å². The number of hydrogen-bond acceptors (Lipinski definition) is 4. The fraction of sp³-hybridized carbons (Fsp3) is 0.692. The second-order valence-corrected chi connectivity index (χ2v) is 4.61. The Morgan fingerprint density at radius 2 is 2.33 bits per heavy atom. The van der Waals surface area contributed by atoms with Crippen LogP contribution in [-0.2, 0) is 22.6 Å². The molecule has 1 heterocycles. The van der Waals surface area contributed by atoms with Gasteiger partial charge in [0.1, 0.15) is 0 Å². The lowest BCUT2D eigenvalue weighted by Crippen LogP contribution is -2.33. The number of esters is 1. The quantitative estimate of drug-likeness (QED) is 0.688. The minimum absolute atomic E-state index is 0.132. The highest BCUT2D eigenvalue weighted by Gasteiger charge is 2.31. The molecule has 2 rings (SSSR count). The Hall–Kier alpha value is -1.36. The average Bonchev–Trinajstić information content (AvgIpc) is 3.10. The zero-order valence-corrected chi connectivity index (χ0v) is 11.1. The molecule has 1 aliphatic rings. The molecule has 0 aliphatic heterocycles. The molecule has 18 heavy (non-hydrogen) atoms. The maximum absolute atomic E-state index is 11.6. The third-order valence-corrected chi connectivity index (χ3v) is 3.21. The second-order valence-electron chi connectivity index (χ2n) is 4.61. The lowest BCUT2D eigenvalue weighted by molar-refractivity contribution is -0.144. The van der Waals surface area contributed by atoms with E-state index in [0.717, 1.165) is 18.8 Å². The molecular formula is C13H21N3O2. The molecule has 1 saturated carbocycles. The molecule has 0 bridgehead atoms. The van der Waals surface area contributed by atoms with Crippen molar-refractivity contribution in [3.8, 4) is 0 Å². The number of rotatable bonds is 7. The second kappa shape index (κ2) is 6.00. The summed E-state index contributed by atoms with van der Waals surface area (Å²) in [7, 11) is 0. The van der Waals surface area contributed by atoms with Crippen LogP contribution in [0, 0.1) is 0 Å². The van der Waals surface area contributed by atoms with Crippen LogP contribution in [-0.4, -0.2) is 39.6 Å². The van der Waals surface area contributed by atoms with Crippen molar-refractivity contribution in [1.82, 2.24) is 14.5 Å². The molecule has 1 aromatic rings. The van der Waals surface area contributed by atoms with Crippen LogP contribution in [0.25, 0.3) is 0 Å². The standard InChI is InChI=1S/C13H21N3O2/c1-3-15-10-14-7-12(15)8-16(11-5-6-11)9-13(17)18-4-2/h7,10-11H,3-6,8-9H2,1-2H3. The first-order valence-corrected chi connectivity index (χ1v) is 6.63. The molecular weight excluding hydrogens is 230 g/mol. The van der Waals surface area contributed by atoms with Crippen LogP contribution in [0.15, 0.2) is 12.5 Å². The summed E-state index contributed by atoms with van der Waals surface area (Å²) in [5.41, 5.74) is 1.16. The van der Waals surface area contributed by atoms with Crippen LogP contribution in [0.4, 0.5) is 0 Å². The van der Waals surface area contributed by atoms with Gasteiger partial charge in [0.2, 0.25) is 0 Å². The number of aromatic nitrogens is 2. The lowest BCUT2D eigenvalue weighted by Gasteiger charge is -2.21. The molecule has 0 N–H and O–H groups in total. The first kappa shape index (κ1) is 13.1. The third-order valence-electron chi connectivity index (χ3n) is 3.21. The van der Waals surface area contributed by atoms with Crippen molar-refractivity contribution in [2.75, 3.05) is 13.2 Å². The number of aryl methyl sites for hydroxylation is 1. The highest BCUT2D eigenvalue weighted by molar-refractivity contribution is 5.71. The smallest absolute Gasteiger partial charge is 0.320 e. The summed E-state index contributed by atoms with van der Waals surface area (Å²) < 4.78 is 7.13. The number of ether oxygens (including phenoxy) is 1. The van der Waals surface area contributed by atoms with E-state index in [2.05, 4.69) is 21.4 Å². The van der Waals surface area contributed by atoms with Gasteiger partial charge in [-0.15, -0.1) is 0 Å². The van der Waals surface area contributed by atoms with Crippen molar-refractivity contribution in [1.29, 1.82) is 0 Å². The van der Waals surface area contributed by atoms with E-state index in [1.807, 2.05) is 19.4 Å². The van der Waals surface area contributed by atoms with Gasteiger partial charge in [-0.25, -0.2) is 4.98 Å². The summed E-state index contributed by atoms with van der Waals surface area (Å²) >= 11 is 0. The van der Waals surface area contributed by atoms with E-state index < -0.39 is 0 Å². The van der Waals surface area contributed by atoms with E-state index in [4.69, 9.17) is 4.74 Å². The van der Waals surface area contributed by atoms with Crippen molar-refractivity contribution in [2.24, 2.45) is 0 Å². The number of carbonyl (C=O) groups is 1. The SMILES string of the molecule is CCOC(=O)CN(Cc1cncn1CC)C1CC1. The van der Waals surface area contributed by atoms with Gasteiger partial charge in [0.15, 0.2) is 0 Å². The zero-order chi connectivity index (χ0) is 13.0. The van der Waals surface area contributed by atoms with E-state index in [1.165, 1.54) is 12.8 Å². The molecule has 0 atom stereocenters. The monoisotopic (exact) mass is 251 g/mol. The fourth-order valence-electron chi connectivity index (χ4n) is 2.10. The van der Waals surface area contributed by atoms with Crippen molar-refractivity contribution < 1.29 is 9.53 Å². The average molecular weight is 251 g/mol. The summed E-state index contributed by atoms with van der Waals surface area (Å²) in [5.74, 6) is -0.132. The molecule has 0 aromatic carbocycles. The Morgan fingerprint density at radius 1 is 1.56 bits per heavy atom. The van der Waals surface area contributed by atoms with Crippen molar-refractivity contribution in [3.05, 3.63) is 18.2 Å². The highest BCUT2D eigenvalue weighted by atomic mass is 16.5. The zero-order valence-electron chi connectivity index (χ0n) is 11.1. The predicted molar refractivity (Wildman–Crippen MR) is 68.0 cm³/mol. The van der Waals surface area contributed by atoms with Gasteiger partial charge in [0, 0.05) is 25.3 Å². The molecule has 1 fully saturated rings. The normalized spacial score (nSPS) is 15.1. The number of carbonyl (C=O) groups excluding carboxylic acids is 1. The summed E-state index contributed by atoms with van der Waals surface area (Å²) in [5, 5.41) is 0. The molecule has 5 nitrogen and oxygen atoms in total. The van der Waals surface area contributed by atoms with Crippen LogP contribution in [0.1, 0.15) is 32.4 Å². The minimum atomic E-state index is -0.132. The first-order chi connectivity index (χ1) is 8.74. The first-order valence-electron chi connectivity index (χ1n) is 6.63. The Kier molecular flexibility index (Phi) is 4.36. The number of imidazole rings is 1. The Morgan fingerprint density at radius 3 is 2.94 bits per heavy atom. The summed E-state index contributed by atoms with van der Waals surface area (Å²) in [6.07, 6.45) is 6.08. The van der Waals surface area contributed by atoms with E-state index in [1.54, 1.807) is 0 Å². The van der Waals surface area contributed by atoms with Gasteiger partial charge in [-0.05, 0) is 26.7 Å². The largest absolute Gasteiger partial charge is 0.465 e. The lowest BCUT2D eigenvalue weighted by atomic mass is 10.3. The van der Waals surface area contributed by atoms with Crippen molar-refractivity contribution in [2.45, 2.75) is 45.8 Å². The molecule has 0 saturated heterocycles. The van der Waals surface area contributed by atoms with Gasteiger partial charge in [-0.3, -0.25) is 9.69 Å². The number of hydrogen-bond donors (Lipinski definition) is 0. The van der Waals surface area contributed by atoms with E-state index in [9.17, 15) is 4.79 Å². The predicted octanol–water partition coefficient (Wildman–Crippen LogP) is 1.43. The Bertz CT molecular complexity index is 399. The van der Waals surface area contributed by atoms with Gasteiger partial charge in [-0.2, -0.15) is 0 Å². The molecule has 1 aromatic heterocycles. The molecule has 0 radical (unpaired) electrons. The third kappa shape index (κ3) is 3.32. The molecule has 0 spiro atoms. The van der Waals surface area contributed by atoms with Gasteiger partial charge >= 0.3 is 5.97 Å². The molecule has 5 heteroatoms. The minimum Gasteiger partial charge on any atom is -0.465 e. The molecule has 1 aliphatic carbocycles. The summed E-state index contributed by atoms with van der Waals surface area (Å²) in [4.78, 5) is 17.9. The molecule has 0 unspecified atom stereocenters. The molecule has 0 amide bonds. The van der Waals surface area contributed by atoms with E-state index >= 15 is 0 Å². The van der Waals surface area contributed by atoms with Gasteiger partial charge in [-0.1, -0.05) is 0 Å². The van der Waals surface area contributed by atoms with Crippen LogP contribution in [0.5, 0.6) is 0 Å².